The minimum absolute atomic E-state index is 0.487. The molecule has 1 aromatic heterocycles. The van der Waals surface area contributed by atoms with Crippen LogP contribution < -0.4 is 5.32 Å². The fourth-order valence-corrected chi connectivity index (χ4v) is 2.27. The summed E-state index contributed by atoms with van der Waals surface area (Å²) in [6, 6.07) is 8.50. The molecule has 0 bridgehead atoms. The van der Waals surface area contributed by atoms with Gasteiger partial charge < -0.3 is 5.32 Å². The number of para-hydroxylation sites is 1. The zero-order valence-corrected chi connectivity index (χ0v) is 8.40. The molecule has 0 radical (unpaired) electrons. The van der Waals surface area contributed by atoms with Gasteiger partial charge in [0.25, 0.3) is 0 Å². The van der Waals surface area contributed by atoms with E-state index >= 15 is 0 Å². The number of rotatable bonds is 1. The predicted molar refractivity (Wildman–Crippen MR) is 60.0 cm³/mol. The summed E-state index contributed by atoms with van der Waals surface area (Å²) in [6.07, 6.45) is 5.05. The number of nitrogens with one attached hydrogen (secondary N) is 2. The summed E-state index contributed by atoms with van der Waals surface area (Å²) in [7, 11) is 0. The maximum Gasteiger partial charge on any atom is 0.0525 e. The highest BCUT2D eigenvalue weighted by Gasteiger charge is 2.21. The van der Waals surface area contributed by atoms with Crippen LogP contribution in [0.15, 0.2) is 36.7 Å². The van der Waals surface area contributed by atoms with Gasteiger partial charge in [-0.2, -0.15) is 5.10 Å². The number of aromatic nitrogens is 2. The van der Waals surface area contributed by atoms with Crippen LogP contribution in [-0.2, 0) is 0 Å². The third kappa shape index (κ3) is 1.40. The maximum atomic E-state index is 4.02. The van der Waals surface area contributed by atoms with Gasteiger partial charge in [0, 0.05) is 24.3 Å². The fourth-order valence-electron chi connectivity index (χ4n) is 2.27. The van der Waals surface area contributed by atoms with Crippen molar-refractivity contribution in [2.24, 2.45) is 0 Å². The van der Waals surface area contributed by atoms with Gasteiger partial charge >= 0.3 is 0 Å². The van der Waals surface area contributed by atoms with Gasteiger partial charge in [0.05, 0.1) is 6.20 Å². The van der Waals surface area contributed by atoms with Crippen molar-refractivity contribution in [1.29, 1.82) is 0 Å². The number of fused-ring (bicyclic) bond motifs is 1. The van der Waals surface area contributed by atoms with Gasteiger partial charge in [-0.3, -0.25) is 5.10 Å². The molecule has 0 fully saturated rings. The summed E-state index contributed by atoms with van der Waals surface area (Å²) in [5, 5.41) is 10.3. The molecule has 1 unspecified atom stereocenters. The summed E-state index contributed by atoms with van der Waals surface area (Å²) in [6.45, 7) is 1.03. The van der Waals surface area contributed by atoms with E-state index in [1.54, 1.807) is 0 Å². The lowest BCUT2D eigenvalue weighted by Crippen LogP contribution is -2.17. The van der Waals surface area contributed by atoms with Crippen molar-refractivity contribution in [3.63, 3.8) is 0 Å². The van der Waals surface area contributed by atoms with Gasteiger partial charge in [-0.25, -0.2) is 0 Å². The summed E-state index contributed by atoms with van der Waals surface area (Å²) in [5.74, 6) is 0.487. The number of hydrogen-bond acceptors (Lipinski definition) is 2. The van der Waals surface area contributed by atoms with Crippen molar-refractivity contribution in [3.8, 4) is 0 Å². The topological polar surface area (TPSA) is 40.7 Å². The van der Waals surface area contributed by atoms with Crippen LogP contribution >= 0.6 is 0 Å². The first-order valence-electron chi connectivity index (χ1n) is 5.26. The normalized spacial score (nSPS) is 19.3. The minimum atomic E-state index is 0.487. The molecule has 0 saturated heterocycles. The van der Waals surface area contributed by atoms with Gasteiger partial charge in [0.2, 0.25) is 0 Å². The molecule has 0 spiro atoms. The molecule has 1 aromatic carbocycles. The molecule has 1 aliphatic rings. The average Bonchev–Trinajstić information content (AvgIpc) is 2.82. The lowest BCUT2D eigenvalue weighted by atomic mass is 9.87. The Hall–Kier alpha value is -1.77. The molecule has 15 heavy (non-hydrogen) atoms. The second kappa shape index (κ2) is 3.42. The Morgan fingerprint density at radius 1 is 1.27 bits per heavy atom. The number of aromatic amines is 1. The Kier molecular flexibility index (Phi) is 1.95. The second-order valence-corrected chi connectivity index (χ2v) is 3.89. The van der Waals surface area contributed by atoms with E-state index in [9.17, 15) is 0 Å². The van der Waals surface area contributed by atoms with Crippen LogP contribution in [0.25, 0.3) is 0 Å². The fraction of sp³-hybridized carbons (Fsp3) is 0.250. The Bertz CT molecular complexity index is 448. The molecule has 0 saturated carbocycles. The first-order valence-corrected chi connectivity index (χ1v) is 5.26. The SMILES string of the molecule is c1ccc2c(c1)NCCC2c1cn[nH]c1. The Balaban J connectivity index is 2.06. The molecule has 2 N–H and O–H groups in total. The minimum Gasteiger partial charge on any atom is -0.385 e. The predicted octanol–water partition coefficient (Wildman–Crippen LogP) is 2.36. The van der Waals surface area contributed by atoms with Crippen LogP contribution in [0, 0.1) is 0 Å². The van der Waals surface area contributed by atoms with Gasteiger partial charge in [-0.15, -0.1) is 0 Å². The zero-order valence-electron chi connectivity index (χ0n) is 8.40. The molecule has 2 aromatic rings. The first-order chi connectivity index (χ1) is 7.45. The molecule has 76 valence electrons. The van der Waals surface area contributed by atoms with Crippen LogP contribution in [0.2, 0.25) is 0 Å². The van der Waals surface area contributed by atoms with E-state index in [1.165, 1.54) is 16.8 Å². The highest BCUT2D eigenvalue weighted by atomic mass is 15.1. The number of benzene rings is 1. The zero-order chi connectivity index (χ0) is 10.1. The molecule has 0 aliphatic carbocycles. The Morgan fingerprint density at radius 3 is 3.07 bits per heavy atom. The van der Waals surface area contributed by atoms with Crippen molar-refractivity contribution in [3.05, 3.63) is 47.8 Å². The van der Waals surface area contributed by atoms with Crippen molar-refractivity contribution < 1.29 is 0 Å². The van der Waals surface area contributed by atoms with E-state index < -0.39 is 0 Å². The van der Waals surface area contributed by atoms with E-state index in [1.807, 2.05) is 12.4 Å². The van der Waals surface area contributed by atoms with Crippen LogP contribution in [0.5, 0.6) is 0 Å². The lowest BCUT2D eigenvalue weighted by Gasteiger charge is -2.25. The van der Waals surface area contributed by atoms with Gasteiger partial charge in [-0.05, 0) is 23.6 Å². The van der Waals surface area contributed by atoms with E-state index in [0.717, 1.165) is 13.0 Å². The van der Waals surface area contributed by atoms with E-state index in [4.69, 9.17) is 0 Å². The van der Waals surface area contributed by atoms with E-state index in [-0.39, 0.29) is 0 Å². The molecule has 0 amide bonds. The van der Waals surface area contributed by atoms with Crippen molar-refractivity contribution in [2.75, 3.05) is 11.9 Å². The molecular weight excluding hydrogens is 186 g/mol. The van der Waals surface area contributed by atoms with Crippen molar-refractivity contribution >= 4 is 5.69 Å². The van der Waals surface area contributed by atoms with Crippen LogP contribution in [0.4, 0.5) is 5.69 Å². The van der Waals surface area contributed by atoms with Gasteiger partial charge in [-0.1, -0.05) is 18.2 Å². The van der Waals surface area contributed by atoms with Gasteiger partial charge in [0.1, 0.15) is 0 Å². The number of nitrogens with zero attached hydrogens (tertiary/aromatic N) is 1. The van der Waals surface area contributed by atoms with E-state index in [2.05, 4.69) is 39.8 Å². The van der Waals surface area contributed by atoms with Crippen molar-refractivity contribution in [1.82, 2.24) is 10.2 Å². The number of anilines is 1. The lowest BCUT2D eigenvalue weighted by molar-refractivity contribution is 0.720. The first kappa shape index (κ1) is 8.53. The van der Waals surface area contributed by atoms with Crippen molar-refractivity contribution in [2.45, 2.75) is 12.3 Å². The van der Waals surface area contributed by atoms with E-state index in [0.29, 0.717) is 5.92 Å². The molecular formula is C12H13N3. The molecule has 1 atom stereocenters. The van der Waals surface area contributed by atoms with Crippen LogP contribution in [-0.4, -0.2) is 16.7 Å². The standard InChI is InChI=1S/C12H13N3/c1-2-4-12-11(3-1)10(5-6-13-12)9-7-14-15-8-9/h1-4,7-8,10,13H,5-6H2,(H,14,15). The summed E-state index contributed by atoms with van der Waals surface area (Å²) in [5.41, 5.74) is 3.92. The molecule has 3 heteroatoms. The summed E-state index contributed by atoms with van der Waals surface area (Å²) < 4.78 is 0. The summed E-state index contributed by atoms with van der Waals surface area (Å²) >= 11 is 0. The third-order valence-corrected chi connectivity index (χ3v) is 3.01. The monoisotopic (exact) mass is 199 g/mol. The Morgan fingerprint density at radius 2 is 2.20 bits per heavy atom. The molecule has 3 rings (SSSR count). The number of H-pyrrole nitrogens is 1. The largest absolute Gasteiger partial charge is 0.385 e. The summed E-state index contributed by atoms with van der Waals surface area (Å²) in [4.78, 5) is 0. The van der Waals surface area contributed by atoms with Crippen LogP contribution in [0.1, 0.15) is 23.5 Å². The average molecular weight is 199 g/mol. The highest BCUT2D eigenvalue weighted by molar-refractivity contribution is 5.56. The van der Waals surface area contributed by atoms with Gasteiger partial charge in [0.15, 0.2) is 0 Å². The third-order valence-electron chi connectivity index (χ3n) is 3.01. The number of hydrogen-bond donors (Lipinski definition) is 2. The molecule has 2 heterocycles. The second-order valence-electron chi connectivity index (χ2n) is 3.89. The quantitative estimate of drug-likeness (QED) is 0.740. The molecule has 3 nitrogen and oxygen atoms in total. The smallest absolute Gasteiger partial charge is 0.0525 e. The molecule has 1 aliphatic heterocycles. The highest BCUT2D eigenvalue weighted by Crippen LogP contribution is 2.35. The van der Waals surface area contributed by atoms with Crippen LogP contribution in [0.3, 0.4) is 0 Å². The Labute approximate surface area is 88.5 Å². The maximum absolute atomic E-state index is 4.02.